The van der Waals surface area contributed by atoms with E-state index < -0.39 is 0 Å². The van der Waals surface area contributed by atoms with E-state index in [-0.39, 0.29) is 12.5 Å². The Morgan fingerprint density at radius 1 is 1.21 bits per heavy atom. The number of halogens is 1. The first-order chi connectivity index (χ1) is 9.20. The standard InChI is InChI=1S/C15H20ClNO2/c16-14-7-5-11(6-8-14)15(19)17-9-12-3-1-2-4-13(12)10-18/h5-8,12-13,18H,1-4,9-10H2,(H,17,19). The van der Waals surface area contributed by atoms with Gasteiger partial charge < -0.3 is 10.4 Å². The van der Waals surface area contributed by atoms with E-state index in [1.165, 1.54) is 12.8 Å². The normalized spacial score (nSPS) is 23.1. The highest BCUT2D eigenvalue weighted by molar-refractivity contribution is 6.30. The van der Waals surface area contributed by atoms with E-state index in [1.54, 1.807) is 24.3 Å². The van der Waals surface area contributed by atoms with Crippen LogP contribution >= 0.6 is 11.6 Å². The van der Waals surface area contributed by atoms with Gasteiger partial charge in [-0.3, -0.25) is 4.79 Å². The van der Waals surface area contributed by atoms with Crippen LogP contribution in [-0.4, -0.2) is 24.2 Å². The van der Waals surface area contributed by atoms with Crippen molar-refractivity contribution in [3.8, 4) is 0 Å². The van der Waals surface area contributed by atoms with Gasteiger partial charge in [0.05, 0.1) is 0 Å². The van der Waals surface area contributed by atoms with Crippen LogP contribution in [0.4, 0.5) is 0 Å². The third-order valence-electron chi connectivity index (χ3n) is 3.93. The van der Waals surface area contributed by atoms with Gasteiger partial charge in [-0.15, -0.1) is 0 Å². The van der Waals surface area contributed by atoms with Gasteiger partial charge in [0, 0.05) is 23.7 Å². The predicted octanol–water partition coefficient (Wildman–Crippen LogP) is 2.87. The first-order valence-corrected chi connectivity index (χ1v) is 7.23. The number of aliphatic hydroxyl groups is 1. The maximum absolute atomic E-state index is 12.0. The summed E-state index contributed by atoms with van der Waals surface area (Å²) in [4.78, 5) is 12.0. The van der Waals surface area contributed by atoms with E-state index in [1.807, 2.05) is 0 Å². The molecule has 1 fully saturated rings. The first-order valence-electron chi connectivity index (χ1n) is 6.85. The number of aliphatic hydroxyl groups excluding tert-OH is 1. The Kier molecular flexibility index (Phi) is 5.23. The molecule has 0 aliphatic heterocycles. The Morgan fingerprint density at radius 3 is 2.47 bits per heavy atom. The predicted molar refractivity (Wildman–Crippen MR) is 76.3 cm³/mol. The topological polar surface area (TPSA) is 49.3 Å². The molecule has 1 aliphatic rings. The molecule has 2 unspecified atom stereocenters. The fraction of sp³-hybridized carbons (Fsp3) is 0.533. The number of hydrogen-bond donors (Lipinski definition) is 2. The van der Waals surface area contributed by atoms with Crippen LogP contribution in [0, 0.1) is 11.8 Å². The third kappa shape index (κ3) is 3.95. The number of carbonyl (C=O) groups excluding carboxylic acids is 1. The Labute approximate surface area is 119 Å². The average Bonchev–Trinajstić information content (AvgIpc) is 2.45. The van der Waals surface area contributed by atoms with E-state index in [9.17, 15) is 9.90 Å². The molecular formula is C15H20ClNO2. The zero-order valence-electron chi connectivity index (χ0n) is 10.9. The van der Waals surface area contributed by atoms with Crippen LogP contribution in [-0.2, 0) is 0 Å². The summed E-state index contributed by atoms with van der Waals surface area (Å²) in [6.07, 6.45) is 4.54. The van der Waals surface area contributed by atoms with Gasteiger partial charge in [0.25, 0.3) is 5.91 Å². The van der Waals surface area contributed by atoms with Crippen LogP contribution in [0.3, 0.4) is 0 Å². The smallest absolute Gasteiger partial charge is 0.251 e. The monoisotopic (exact) mass is 281 g/mol. The van der Waals surface area contributed by atoms with Crippen LogP contribution in [0.15, 0.2) is 24.3 Å². The van der Waals surface area contributed by atoms with E-state index in [4.69, 9.17) is 11.6 Å². The van der Waals surface area contributed by atoms with Crippen molar-refractivity contribution in [2.75, 3.05) is 13.2 Å². The van der Waals surface area contributed by atoms with E-state index in [2.05, 4.69) is 5.32 Å². The second-order valence-electron chi connectivity index (χ2n) is 5.20. The zero-order chi connectivity index (χ0) is 13.7. The molecule has 2 rings (SSSR count). The minimum atomic E-state index is -0.0704. The summed E-state index contributed by atoms with van der Waals surface area (Å²) < 4.78 is 0. The van der Waals surface area contributed by atoms with Gasteiger partial charge in [-0.1, -0.05) is 24.4 Å². The molecule has 0 aromatic heterocycles. The highest BCUT2D eigenvalue weighted by Gasteiger charge is 2.24. The second kappa shape index (κ2) is 6.92. The Balaban J connectivity index is 1.87. The van der Waals surface area contributed by atoms with Crippen molar-refractivity contribution in [2.45, 2.75) is 25.7 Å². The van der Waals surface area contributed by atoms with Crippen LogP contribution in [0.1, 0.15) is 36.0 Å². The summed E-state index contributed by atoms with van der Waals surface area (Å²) in [7, 11) is 0. The highest BCUT2D eigenvalue weighted by atomic mass is 35.5. The molecule has 104 valence electrons. The van der Waals surface area contributed by atoms with Crippen LogP contribution < -0.4 is 5.32 Å². The summed E-state index contributed by atoms with van der Waals surface area (Å²) in [6, 6.07) is 6.88. The highest BCUT2D eigenvalue weighted by Crippen LogP contribution is 2.29. The van der Waals surface area contributed by atoms with Gasteiger partial charge in [0.2, 0.25) is 0 Å². The first kappa shape index (κ1) is 14.4. The Bertz CT molecular complexity index is 419. The Morgan fingerprint density at radius 2 is 1.84 bits per heavy atom. The van der Waals surface area contributed by atoms with E-state index in [0.29, 0.717) is 29.0 Å². The largest absolute Gasteiger partial charge is 0.396 e. The summed E-state index contributed by atoms with van der Waals surface area (Å²) >= 11 is 5.79. The number of rotatable bonds is 4. The van der Waals surface area contributed by atoms with Crippen LogP contribution in [0.25, 0.3) is 0 Å². The maximum Gasteiger partial charge on any atom is 0.251 e. The molecule has 2 atom stereocenters. The minimum absolute atomic E-state index is 0.0704. The fourth-order valence-corrected chi connectivity index (χ4v) is 2.85. The molecule has 0 bridgehead atoms. The van der Waals surface area contributed by atoms with Crippen molar-refractivity contribution < 1.29 is 9.90 Å². The molecule has 0 radical (unpaired) electrons. The molecule has 0 heterocycles. The number of amides is 1. The van der Waals surface area contributed by atoms with Crippen molar-refractivity contribution >= 4 is 17.5 Å². The van der Waals surface area contributed by atoms with Crippen molar-refractivity contribution in [1.29, 1.82) is 0 Å². The lowest BCUT2D eigenvalue weighted by molar-refractivity contribution is 0.0909. The molecule has 1 aliphatic carbocycles. The molecule has 1 aromatic carbocycles. The summed E-state index contributed by atoms with van der Waals surface area (Å²) in [5, 5.41) is 12.9. The Hall–Kier alpha value is -1.06. The molecule has 3 nitrogen and oxygen atoms in total. The number of hydrogen-bond acceptors (Lipinski definition) is 2. The lowest BCUT2D eigenvalue weighted by Gasteiger charge is -2.30. The molecule has 1 amide bonds. The quantitative estimate of drug-likeness (QED) is 0.892. The average molecular weight is 282 g/mol. The molecule has 19 heavy (non-hydrogen) atoms. The fourth-order valence-electron chi connectivity index (χ4n) is 2.72. The van der Waals surface area contributed by atoms with E-state index in [0.717, 1.165) is 12.8 Å². The van der Waals surface area contributed by atoms with Gasteiger partial charge in [-0.05, 0) is 48.9 Å². The van der Waals surface area contributed by atoms with Crippen molar-refractivity contribution in [3.05, 3.63) is 34.9 Å². The zero-order valence-corrected chi connectivity index (χ0v) is 11.7. The van der Waals surface area contributed by atoms with Gasteiger partial charge in [0.1, 0.15) is 0 Å². The molecule has 2 N–H and O–H groups in total. The molecule has 4 heteroatoms. The van der Waals surface area contributed by atoms with Crippen LogP contribution in [0.5, 0.6) is 0 Å². The van der Waals surface area contributed by atoms with Gasteiger partial charge >= 0.3 is 0 Å². The summed E-state index contributed by atoms with van der Waals surface area (Å²) in [6.45, 7) is 0.869. The van der Waals surface area contributed by atoms with Crippen LogP contribution in [0.2, 0.25) is 5.02 Å². The number of carbonyl (C=O) groups is 1. The molecular weight excluding hydrogens is 262 g/mol. The lowest BCUT2D eigenvalue weighted by atomic mass is 9.79. The summed E-state index contributed by atoms with van der Waals surface area (Å²) in [5.74, 6) is 0.660. The summed E-state index contributed by atoms with van der Waals surface area (Å²) in [5.41, 5.74) is 0.626. The van der Waals surface area contributed by atoms with E-state index >= 15 is 0 Å². The van der Waals surface area contributed by atoms with Gasteiger partial charge in [-0.2, -0.15) is 0 Å². The van der Waals surface area contributed by atoms with Crippen molar-refractivity contribution in [2.24, 2.45) is 11.8 Å². The van der Waals surface area contributed by atoms with Crippen molar-refractivity contribution in [1.82, 2.24) is 5.32 Å². The van der Waals surface area contributed by atoms with Gasteiger partial charge in [-0.25, -0.2) is 0 Å². The molecule has 1 aromatic rings. The number of benzene rings is 1. The van der Waals surface area contributed by atoms with Crippen molar-refractivity contribution in [3.63, 3.8) is 0 Å². The maximum atomic E-state index is 12.0. The molecule has 1 saturated carbocycles. The van der Waals surface area contributed by atoms with Gasteiger partial charge in [0.15, 0.2) is 0 Å². The molecule has 0 spiro atoms. The third-order valence-corrected chi connectivity index (χ3v) is 4.18. The molecule has 0 saturated heterocycles. The number of nitrogens with one attached hydrogen (secondary N) is 1. The second-order valence-corrected chi connectivity index (χ2v) is 5.64. The minimum Gasteiger partial charge on any atom is -0.396 e. The lowest BCUT2D eigenvalue weighted by Crippen LogP contribution is -2.35. The SMILES string of the molecule is O=C(NCC1CCCCC1CO)c1ccc(Cl)cc1.